The highest BCUT2D eigenvalue weighted by atomic mass is 32.1. The maximum atomic E-state index is 12.1. The Balaban J connectivity index is 1.81. The number of ketones is 1. The van der Waals surface area contributed by atoms with Crippen molar-refractivity contribution < 1.29 is 14.3 Å². The Bertz CT molecular complexity index is 560. The molecule has 4 heteroatoms. The maximum Gasteiger partial charge on any atom is 0.167 e. The minimum Gasteiger partial charge on any atom is -0.486 e. The van der Waals surface area contributed by atoms with E-state index in [2.05, 4.69) is 0 Å². The molecule has 0 aliphatic carbocycles. The second kappa shape index (κ2) is 4.82. The molecular weight excluding hydrogens is 248 g/mol. The van der Waals surface area contributed by atoms with Gasteiger partial charge < -0.3 is 9.47 Å². The van der Waals surface area contributed by atoms with Crippen molar-refractivity contribution in [2.24, 2.45) is 0 Å². The van der Waals surface area contributed by atoms with Crippen molar-refractivity contribution in [2.75, 3.05) is 13.2 Å². The first-order chi connectivity index (χ1) is 8.83. The van der Waals surface area contributed by atoms with E-state index in [1.165, 1.54) is 0 Å². The summed E-state index contributed by atoms with van der Waals surface area (Å²) in [4.78, 5) is 12.1. The number of ether oxygens (including phenoxy) is 2. The van der Waals surface area contributed by atoms with Crippen LogP contribution in [0.25, 0.3) is 0 Å². The zero-order valence-electron chi connectivity index (χ0n) is 9.72. The quantitative estimate of drug-likeness (QED) is 0.796. The maximum absolute atomic E-state index is 12.1. The Labute approximate surface area is 109 Å². The van der Waals surface area contributed by atoms with Crippen LogP contribution in [0.3, 0.4) is 0 Å². The fourth-order valence-electron chi connectivity index (χ4n) is 1.90. The number of benzene rings is 1. The van der Waals surface area contributed by atoms with Gasteiger partial charge in [0.1, 0.15) is 13.2 Å². The number of hydrogen-bond acceptors (Lipinski definition) is 4. The molecule has 1 aliphatic heterocycles. The minimum absolute atomic E-state index is 0.102. The van der Waals surface area contributed by atoms with Crippen molar-refractivity contribution in [3.05, 3.63) is 46.2 Å². The minimum atomic E-state index is 0.102. The number of thiophene rings is 1. The van der Waals surface area contributed by atoms with Gasteiger partial charge in [0.05, 0.1) is 0 Å². The van der Waals surface area contributed by atoms with E-state index in [-0.39, 0.29) is 5.78 Å². The number of carbonyl (C=O) groups is 1. The van der Waals surface area contributed by atoms with Crippen LogP contribution in [0.15, 0.2) is 35.0 Å². The average Bonchev–Trinajstić information content (AvgIpc) is 2.91. The van der Waals surface area contributed by atoms with E-state index in [9.17, 15) is 4.79 Å². The third-order valence-corrected chi connectivity index (χ3v) is 3.54. The van der Waals surface area contributed by atoms with Gasteiger partial charge in [-0.05, 0) is 40.6 Å². The Morgan fingerprint density at radius 2 is 2.00 bits per heavy atom. The lowest BCUT2D eigenvalue weighted by atomic mass is 10.0. The molecule has 0 radical (unpaired) electrons. The fraction of sp³-hybridized carbons (Fsp3) is 0.214. The standard InChI is InChI=1S/C14H12O3S/c15-12(7-10-3-6-18-9-10)11-1-2-13-14(8-11)17-5-4-16-13/h1-3,6,8-9H,4-5,7H2. The Kier molecular flexibility index (Phi) is 3.02. The summed E-state index contributed by atoms with van der Waals surface area (Å²) in [5, 5.41) is 3.97. The largest absolute Gasteiger partial charge is 0.486 e. The van der Waals surface area contributed by atoms with Crippen molar-refractivity contribution in [1.29, 1.82) is 0 Å². The molecule has 0 saturated carbocycles. The third-order valence-electron chi connectivity index (χ3n) is 2.81. The van der Waals surface area contributed by atoms with Crippen LogP contribution in [0.4, 0.5) is 0 Å². The van der Waals surface area contributed by atoms with Crippen molar-refractivity contribution in [3.63, 3.8) is 0 Å². The van der Waals surface area contributed by atoms with Gasteiger partial charge in [0.15, 0.2) is 17.3 Å². The van der Waals surface area contributed by atoms with E-state index in [0.29, 0.717) is 36.7 Å². The highest BCUT2D eigenvalue weighted by Crippen LogP contribution is 2.31. The van der Waals surface area contributed by atoms with Crippen LogP contribution in [0.5, 0.6) is 11.5 Å². The monoisotopic (exact) mass is 260 g/mol. The van der Waals surface area contributed by atoms with Crippen LogP contribution in [0, 0.1) is 0 Å². The van der Waals surface area contributed by atoms with Crippen LogP contribution < -0.4 is 9.47 Å². The van der Waals surface area contributed by atoms with Crippen molar-refractivity contribution in [3.8, 4) is 11.5 Å². The lowest BCUT2D eigenvalue weighted by molar-refractivity contribution is 0.0992. The Morgan fingerprint density at radius 1 is 1.17 bits per heavy atom. The molecule has 3 rings (SSSR count). The summed E-state index contributed by atoms with van der Waals surface area (Å²) in [6.07, 6.45) is 0.434. The summed E-state index contributed by atoms with van der Waals surface area (Å²) >= 11 is 1.60. The summed E-state index contributed by atoms with van der Waals surface area (Å²) in [6.45, 7) is 1.10. The fourth-order valence-corrected chi connectivity index (χ4v) is 2.57. The molecule has 1 aromatic heterocycles. The first kappa shape index (κ1) is 11.3. The summed E-state index contributed by atoms with van der Waals surface area (Å²) in [7, 11) is 0. The molecule has 0 saturated heterocycles. The number of rotatable bonds is 3. The highest BCUT2D eigenvalue weighted by Gasteiger charge is 2.15. The summed E-state index contributed by atoms with van der Waals surface area (Å²) in [6, 6.07) is 7.33. The second-order valence-corrected chi connectivity index (χ2v) is 4.87. The molecule has 92 valence electrons. The third kappa shape index (κ3) is 2.24. The SMILES string of the molecule is O=C(Cc1ccsc1)c1ccc2c(c1)OCCO2. The summed E-state index contributed by atoms with van der Waals surface area (Å²) in [5.41, 5.74) is 1.73. The molecule has 0 spiro atoms. The molecule has 2 heterocycles. The van der Waals surface area contributed by atoms with E-state index >= 15 is 0 Å². The molecule has 0 unspecified atom stereocenters. The van der Waals surface area contributed by atoms with E-state index in [1.807, 2.05) is 16.8 Å². The van der Waals surface area contributed by atoms with Crippen molar-refractivity contribution in [2.45, 2.75) is 6.42 Å². The Morgan fingerprint density at radius 3 is 2.78 bits per heavy atom. The number of hydrogen-bond donors (Lipinski definition) is 0. The predicted octanol–water partition coefficient (Wildman–Crippen LogP) is 2.94. The van der Waals surface area contributed by atoms with Gasteiger partial charge in [0, 0.05) is 12.0 Å². The molecule has 0 N–H and O–H groups in total. The van der Waals surface area contributed by atoms with Gasteiger partial charge in [-0.25, -0.2) is 0 Å². The molecular formula is C14H12O3S. The van der Waals surface area contributed by atoms with Gasteiger partial charge in [0.2, 0.25) is 0 Å². The lowest BCUT2D eigenvalue weighted by Crippen LogP contribution is -2.16. The van der Waals surface area contributed by atoms with Gasteiger partial charge in [-0.3, -0.25) is 4.79 Å². The highest BCUT2D eigenvalue weighted by molar-refractivity contribution is 7.08. The topological polar surface area (TPSA) is 35.5 Å². The van der Waals surface area contributed by atoms with E-state index < -0.39 is 0 Å². The van der Waals surface area contributed by atoms with Gasteiger partial charge in [-0.2, -0.15) is 11.3 Å². The van der Waals surface area contributed by atoms with Crippen LogP contribution >= 0.6 is 11.3 Å². The molecule has 18 heavy (non-hydrogen) atoms. The van der Waals surface area contributed by atoms with Crippen molar-refractivity contribution >= 4 is 17.1 Å². The average molecular weight is 260 g/mol. The van der Waals surface area contributed by atoms with Crippen LogP contribution in [0.1, 0.15) is 15.9 Å². The molecule has 0 bridgehead atoms. The molecule has 1 aliphatic rings. The zero-order valence-corrected chi connectivity index (χ0v) is 10.5. The first-order valence-electron chi connectivity index (χ1n) is 5.77. The zero-order chi connectivity index (χ0) is 12.4. The molecule has 2 aromatic rings. The van der Waals surface area contributed by atoms with Gasteiger partial charge in [-0.1, -0.05) is 0 Å². The lowest BCUT2D eigenvalue weighted by Gasteiger charge is -2.18. The van der Waals surface area contributed by atoms with E-state index in [0.717, 1.165) is 5.56 Å². The summed E-state index contributed by atoms with van der Waals surface area (Å²) in [5.74, 6) is 1.48. The van der Waals surface area contributed by atoms with Gasteiger partial charge in [-0.15, -0.1) is 0 Å². The van der Waals surface area contributed by atoms with Gasteiger partial charge in [0.25, 0.3) is 0 Å². The first-order valence-corrected chi connectivity index (χ1v) is 6.71. The van der Waals surface area contributed by atoms with Crippen molar-refractivity contribution in [1.82, 2.24) is 0 Å². The molecule has 1 aromatic carbocycles. The molecule has 3 nitrogen and oxygen atoms in total. The van der Waals surface area contributed by atoms with Crippen LogP contribution in [-0.2, 0) is 6.42 Å². The van der Waals surface area contributed by atoms with Crippen LogP contribution in [0.2, 0.25) is 0 Å². The normalized spacial score (nSPS) is 13.3. The molecule has 0 atom stereocenters. The molecule has 0 fully saturated rings. The van der Waals surface area contributed by atoms with Gasteiger partial charge >= 0.3 is 0 Å². The van der Waals surface area contributed by atoms with Crippen LogP contribution in [-0.4, -0.2) is 19.0 Å². The number of Topliss-reactive ketones (excluding diaryl/α,β-unsaturated/α-hetero) is 1. The van der Waals surface area contributed by atoms with E-state index in [4.69, 9.17) is 9.47 Å². The predicted molar refractivity (Wildman–Crippen MR) is 69.8 cm³/mol. The molecule has 0 amide bonds. The second-order valence-electron chi connectivity index (χ2n) is 4.09. The Hall–Kier alpha value is -1.81. The number of fused-ring (bicyclic) bond motifs is 1. The summed E-state index contributed by atoms with van der Waals surface area (Å²) < 4.78 is 10.9. The number of carbonyl (C=O) groups excluding carboxylic acids is 1. The smallest absolute Gasteiger partial charge is 0.167 e. The van der Waals surface area contributed by atoms with E-state index in [1.54, 1.807) is 29.5 Å².